The van der Waals surface area contributed by atoms with Crippen molar-refractivity contribution in [2.75, 3.05) is 0 Å². The molecule has 0 saturated heterocycles. The molecule has 0 aliphatic heterocycles. The molecular formula is C18H38. The van der Waals surface area contributed by atoms with E-state index in [4.69, 9.17) is 0 Å². The van der Waals surface area contributed by atoms with Crippen LogP contribution in [0.1, 0.15) is 105 Å². The zero-order valence-corrected chi connectivity index (χ0v) is 13.6. The lowest BCUT2D eigenvalue weighted by atomic mass is 9.92. The minimum absolute atomic E-state index is 0.965. The second kappa shape index (κ2) is 13.4. The molecule has 0 aliphatic carbocycles. The zero-order valence-electron chi connectivity index (χ0n) is 13.6. The number of hydrogen-bond acceptors (Lipinski definition) is 0. The molecule has 0 heterocycles. The SMILES string of the molecule is CCCCC(C)CCCCCC(CC)CCCC. The number of unbranched alkanes of at least 4 members (excludes halogenated alkanes) is 4. The molecule has 2 atom stereocenters. The first-order valence-corrected chi connectivity index (χ1v) is 8.74. The van der Waals surface area contributed by atoms with Crippen LogP contribution in [-0.4, -0.2) is 0 Å². The highest BCUT2D eigenvalue weighted by Gasteiger charge is 2.06. The average molecular weight is 255 g/mol. The average Bonchev–Trinajstić information content (AvgIpc) is 2.39. The van der Waals surface area contributed by atoms with Gasteiger partial charge >= 0.3 is 0 Å². The maximum atomic E-state index is 2.44. The van der Waals surface area contributed by atoms with Gasteiger partial charge in [-0.05, 0) is 11.8 Å². The first kappa shape index (κ1) is 18.0. The Morgan fingerprint density at radius 3 is 1.72 bits per heavy atom. The third-order valence-electron chi connectivity index (χ3n) is 4.40. The Kier molecular flexibility index (Phi) is 13.4. The summed E-state index contributed by atoms with van der Waals surface area (Å²) in [7, 11) is 0. The van der Waals surface area contributed by atoms with Crippen molar-refractivity contribution in [3.05, 3.63) is 0 Å². The summed E-state index contributed by atoms with van der Waals surface area (Å²) in [4.78, 5) is 0. The fourth-order valence-electron chi connectivity index (χ4n) is 2.84. The van der Waals surface area contributed by atoms with E-state index in [1.807, 2.05) is 0 Å². The minimum Gasteiger partial charge on any atom is -0.0654 e. The lowest BCUT2D eigenvalue weighted by Gasteiger charge is -2.14. The molecule has 18 heavy (non-hydrogen) atoms. The minimum atomic E-state index is 0.965. The summed E-state index contributed by atoms with van der Waals surface area (Å²) in [5.74, 6) is 1.98. The summed E-state index contributed by atoms with van der Waals surface area (Å²) in [6, 6.07) is 0. The van der Waals surface area contributed by atoms with Crippen LogP contribution >= 0.6 is 0 Å². The van der Waals surface area contributed by atoms with E-state index in [0.29, 0.717) is 0 Å². The van der Waals surface area contributed by atoms with Crippen LogP contribution in [0.25, 0.3) is 0 Å². The summed E-state index contributed by atoms with van der Waals surface area (Å²) in [6.45, 7) is 9.41. The molecule has 0 nitrogen and oxygen atoms in total. The molecule has 0 radical (unpaired) electrons. The predicted octanol–water partition coefficient (Wildman–Crippen LogP) is 6.98. The molecule has 0 aliphatic rings. The van der Waals surface area contributed by atoms with Crippen LogP contribution < -0.4 is 0 Å². The van der Waals surface area contributed by atoms with E-state index >= 15 is 0 Å². The first-order chi connectivity index (χ1) is 8.74. The van der Waals surface area contributed by atoms with Crippen LogP contribution in [-0.2, 0) is 0 Å². The quantitative estimate of drug-likeness (QED) is 0.311. The monoisotopic (exact) mass is 254 g/mol. The van der Waals surface area contributed by atoms with Crippen molar-refractivity contribution in [1.29, 1.82) is 0 Å². The highest BCUT2D eigenvalue weighted by Crippen LogP contribution is 2.21. The fourth-order valence-corrected chi connectivity index (χ4v) is 2.84. The van der Waals surface area contributed by atoms with Gasteiger partial charge in [0.25, 0.3) is 0 Å². The van der Waals surface area contributed by atoms with Crippen molar-refractivity contribution in [2.45, 2.75) is 105 Å². The van der Waals surface area contributed by atoms with Gasteiger partial charge < -0.3 is 0 Å². The Labute approximate surface area is 117 Å². The molecule has 0 aromatic heterocycles. The molecular weight excluding hydrogens is 216 g/mol. The van der Waals surface area contributed by atoms with Gasteiger partial charge in [-0.3, -0.25) is 0 Å². The Hall–Kier alpha value is 0. The lowest BCUT2D eigenvalue weighted by Crippen LogP contribution is -1.99. The lowest BCUT2D eigenvalue weighted by molar-refractivity contribution is 0.389. The molecule has 0 saturated carbocycles. The third-order valence-corrected chi connectivity index (χ3v) is 4.40. The van der Waals surface area contributed by atoms with E-state index in [-0.39, 0.29) is 0 Å². The van der Waals surface area contributed by atoms with E-state index in [2.05, 4.69) is 27.7 Å². The standard InChI is InChI=1S/C18H38/c1-5-8-13-17(4)14-11-10-12-16-18(7-3)15-9-6-2/h17-18H,5-16H2,1-4H3. The van der Waals surface area contributed by atoms with Gasteiger partial charge in [-0.15, -0.1) is 0 Å². The molecule has 2 unspecified atom stereocenters. The number of rotatable bonds is 13. The third kappa shape index (κ3) is 11.1. The normalized spacial score (nSPS) is 14.7. The molecule has 0 rings (SSSR count). The van der Waals surface area contributed by atoms with Crippen LogP contribution in [0, 0.1) is 11.8 Å². The molecule has 0 N–H and O–H groups in total. The second-order valence-electron chi connectivity index (χ2n) is 6.30. The van der Waals surface area contributed by atoms with E-state index in [1.165, 1.54) is 77.0 Å². The van der Waals surface area contributed by atoms with Crippen LogP contribution in [0.4, 0.5) is 0 Å². The predicted molar refractivity (Wildman–Crippen MR) is 85.1 cm³/mol. The van der Waals surface area contributed by atoms with E-state index in [0.717, 1.165) is 11.8 Å². The van der Waals surface area contributed by atoms with Crippen molar-refractivity contribution in [3.8, 4) is 0 Å². The van der Waals surface area contributed by atoms with Crippen molar-refractivity contribution in [2.24, 2.45) is 11.8 Å². The topological polar surface area (TPSA) is 0 Å². The molecule has 0 fully saturated rings. The summed E-state index contributed by atoms with van der Waals surface area (Å²) < 4.78 is 0. The highest BCUT2D eigenvalue weighted by atomic mass is 14.1. The van der Waals surface area contributed by atoms with Gasteiger partial charge in [0.1, 0.15) is 0 Å². The maximum absolute atomic E-state index is 2.44. The first-order valence-electron chi connectivity index (χ1n) is 8.74. The maximum Gasteiger partial charge on any atom is -0.0417 e. The summed E-state index contributed by atoms with van der Waals surface area (Å²) in [6.07, 6.45) is 17.3. The smallest absolute Gasteiger partial charge is 0.0417 e. The Morgan fingerprint density at radius 1 is 0.611 bits per heavy atom. The van der Waals surface area contributed by atoms with Crippen molar-refractivity contribution < 1.29 is 0 Å². The van der Waals surface area contributed by atoms with Gasteiger partial charge in [0, 0.05) is 0 Å². The fraction of sp³-hybridized carbons (Fsp3) is 1.00. The molecule has 110 valence electrons. The highest BCUT2D eigenvalue weighted by molar-refractivity contribution is 4.59. The zero-order chi connectivity index (χ0) is 13.6. The molecule has 0 heteroatoms. The van der Waals surface area contributed by atoms with E-state index < -0.39 is 0 Å². The Balaban J connectivity index is 3.36. The van der Waals surface area contributed by atoms with E-state index in [1.54, 1.807) is 0 Å². The van der Waals surface area contributed by atoms with E-state index in [9.17, 15) is 0 Å². The van der Waals surface area contributed by atoms with Crippen LogP contribution in [0.15, 0.2) is 0 Å². The largest absolute Gasteiger partial charge is 0.0654 e. The molecule has 0 bridgehead atoms. The Bertz CT molecular complexity index is 150. The molecule has 0 aromatic carbocycles. The van der Waals surface area contributed by atoms with Gasteiger partial charge in [0.15, 0.2) is 0 Å². The summed E-state index contributed by atoms with van der Waals surface area (Å²) >= 11 is 0. The van der Waals surface area contributed by atoms with Crippen LogP contribution in [0.2, 0.25) is 0 Å². The Morgan fingerprint density at radius 2 is 1.11 bits per heavy atom. The van der Waals surface area contributed by atoms with Gasteiger partial charge in [-0.25, -0.2) is 0 Å². The molecule has 0 spiro atoms. The van der Waals surface area contributed by atoms with Crippen molar-refractivity contribution in [1.82, 2.24) is 0 Å². The molecule has 0 amide bonds. The summed E-state index contributed by atoms with van der Waals surface area (Å²) in [5, 5.41) is 0. The van der Waals surface area contributed by atoms with Crippen molar-refractivity contribution >= 4 is 0 Å². The van der Waals surface area contributed by atoms with Crippen LogP contribution in [0.3, 0.4) is 0 Å². The van der Waals surface area contributed by atoms with Crippen LogP contribution in [0.5, 0.6) is 0 Å². The summed E-state index contributed by atoms with van der Waals surface area (Å²) in [5.41, 5.74) is 0. The van der Waals surface area contributed by atoms with Crippen molar-refractivity contribution in [3.63, 3.8) is 0 Å². The number of hydrogen-bond donors (Lipinski definition) is 0. The van der Waals surface area contributed by atoms with Gasteiger partial charge in [-0.1, -0.05) is 105 Å². The van der Waals surface area contributed by atoms with Gasteiger partial charge in [0.05, 0.1) is 0 Å². The molecule has 0 aromatic rings. The van der Waals surface area contributed by atoms with Gasteiger partial charge in [0.2, 0.25) is 0 Å². The van der Waals surface area contributed by atoms with Gasteiger partial charge in [-0.2, -0.15) is 0 Å². The second-order valence-corrected chi connectivity index (χ2v) is 6.30.